The maximum absolute atomic E-state index is 11.8. The first-order chi connectivity index (χ1) is 8.88. The molecule has 1 aromatic carbocycles. The van der Waals surface area contributed by atoms with E-state index in [1.54, 1.807) is 0 Å². The van der Waals surface area contributed by atoms with Crippen LogP contribution in [0.1, 0.15) is 40.2 Å². The Kier molecular flexibility index (Phi) is 3.33. The minimum absolute atomic E-state index is 0.00479. The maximum atomic E-state index is 11.8. The quantitative estimate of drug-likeness (QED) is 0.785. The standard InChI is InChI=1S/C13H13NO4S/c1-18-13(15)11-6-12(19(2,16)17)10(8-3-4-8)5-9(11)7-14/h5-6,8H,3-4H2,1-2H3. The SMILES string of the molecule is COC(=O)c1cc(S(C)(=O)=O)c(C2CC2)cc1C#N. The zero-order chi connectivity index (χ0) is 14.2. The summed E-state index contributed by atoms with van der Waals surface area (Å²) in [6.07, 6.45) is 2.91. The number of hydrogen-bond acceptors (Lipinski definition) is 5. The molecular weight excluding hydrogens is 266 g/mol. The molecule has 1 aliphatic carbocycles. The molecule has 0 spiro atoms. The van der Waals surface area contributed by atoms with Gasteiger partial charge in [-0.25, -0.2) is 13.2 Å². The summed E-state index contributed by atoms with van der Waals surface area (Å²) in [7, 11) is -2.25. The van der Waals surface area contributed by atoms with Crippen molar-refractivity contribution in [3.63, 3.8) is 0 Å². The number of methoxy groups -OCH3 is 1. The summed E-state index contributed by atoms with van der Waals surface area (Å²) in [5, 5.41) is 9.08. The van der Waals surface area contributed by atoms with Gasteiger partial charge in [-0.15, -0.1) is 0 Å². The van der Waals surface area contributed by atoms with Crippen LogP contribution in [0.5, 0.6) is 0 Å². The Bertz CT molecular complexity index is 681. The number of sulfone groups is 1. The number of hydrogen-bond donors (Lipinski definition) is 0. The lowest BCUT2D eigenvalue weighted by molar-refractivity contribution is 0.0600. The van der Waals surface area contributed by atoms with Crippen molar-refractivity contribution in [1.29, 1.82) is 5.26 Å². The summed E-state index contributed by atoms with van der Waals surface area (Å²) in [4.78, 5) is 11.7. The molecule has 0 atom stereocenters. The first kappa shape index (κ1) is 13.6. The van der Waals surface area contributed by atoms with Crippen LogP contribution in [0.3, 0.4) is 0 Å². The van der Waals surface area contributed by atoms with Crippen molar-refractivity contribution in [1.82, 2.24) is 0 Å². The Labute approximate surface area is 111 Å². The highest BCUT2D eigenvalue weighted by atomic mass is 32.2. The largest absolute Gasteiger partial charge is 0.465 e. The average molecular weight is 279 g/mol. The number of benzene rings is 1. The van der Waals surface area contributed by atoms with E-state index in [9.17, 15) is 13.2 Å². The Morgan fingerprint density at radius 3 is 2.47 bits per heavy atom. The monoisotopic (exact) mass is 279 g/mol. The van der Waals surface area contributed by atoms with Crippen LogP contribution in [0.25, 0.3) is 0 Å². The number of rotatable bonds is 3. The van der Waals surface area contributed by atoms with Crippen molar-refractivity contribution in [2.24, 2.45) is 0 Å². The summed E-state index contributed by atoms with van der Waals surface area (Å²) in [6.45, 7) is 0. The fourth-order valence-electron chi connectivity index (χ4n) is 2.00. The predicted octanol–water partition coefficient (Wildman–Crippen LogP) is 1.63. The Morgan fingerprint density at radius 1 is 1.42 bits per heavy atom. The highest BCUT2D eigenvalue weighted by Crippen LogP contribution is 2.43. The van der Waals surface area contributed by atoms with Crippen molar-refractivity contribution < 1.29 is 17.9 Å². The van der Waals surface area contributed by atoms with E-state index in [2.05, 4.69) is 4.74 Å². The molecule has 0 aliphatic heterocycles. The Hall–Kier alpha value is -1.87. The fraction of sp³-hybridized carbons (Fsp3) is 0.385. The average Bonchev–Trinajstić information content (AvgIpc) is 3.19. The third-order valence-corrected chi connectivity index (χ3v) is 4.24. The first-order valence-corrected chi connectivity index (χ1v) is 7.64. The first-order valence-electron chi connectivity index (χ1n) is 5.75. The molecule has 0 bridgehead atoms. The van der Waals surface area contributed by atoms with Gasteiger partial charge >= 0.3 is 5.97 Å². The van der Waals surface area contributed by atoms with Gasteiger partial charge in [0.1, 0.15) is 6.07 Å². The Balaban J connectivity index is 2.71. The fourth-order valence-corrected chi connectivity index (χ4v) is 2.99. The van der Waals surface area contributed by atoms with E-state index in [0.29, 0.717) is 5.56 Å². The van der Waals surface area contributed by atoms with Gasteiger partial charge in [0.05, 0.1) is 23.1 Å². The van der Waals surface area contributed by atoms with E-state index < -0.39 is 15.8 Å². The lowest BCUT2D eigenvalue weighted by Crippen LogP contribution is -2.10. The van der Waals surface area contributed by atoms with Crippen LogP contribution in [-0.4, -0.2) is 27.8 Å². The highest BCUT2D eigenvalue weighted by Gasteiger charge is 2.31. The van der Waals surface area contributed by atoms with E-state index in [1.807, 2.05) is 6.07 Å². The molecule has 5 nitrogen and oxygen atoms in total. The smallest absolute Gasteiger partial charge is 0.339 e. The number of nitriles is 1. The van der Waals surface area contributed by atoms with E-state index in [-0.39, 0.29) is 21.9 Å². The second kappa shape index (κ2) is 4.67. The topological polar surface area (TPSA) is 84.2 Å². The molecule has 0 aromatic heterocycles. The lowest BCUT2D eigenvalue weighted by atomic mass is 10.0. The molecular formula is C13H13NO4S. The van der Waals surface area contributed by atoms with Crippen molar-refractivity contribution in [2.75, 3.05) is 13.4 Å². The van der Waals surface area contributed by atoms with Gasteiger partial charge in [-0.2, -0.15) is 5.26 Å². The predicted molar refractivity (Wildman–Crippen MR) is 67.6 cm³/mol. The van der Waals surface area contributed by atoms with Crippen LogP contribution in [0.15, 0.2) is 17.0 Å². The van der Waals surface area contributed by atoms with Crippen molar-refractivity contribution in [3.05, 3.63) is 28.8 Å². The summed E-state index contributed by atoms with van der Waals surface area (Å²) in [5.74, 6) is -0.535. The van der Waals surface area contributed by atoms with Gasteiger partial charge < -0.3 is 4.74 Å². The second-order valence-electron chi connectivity index (χ2n) is 4.59. The van der Waals surface area contributed by atoms with Crippen LogP contribution in [-0.2, 0) is 14.6 Å². The molecule has 2 rings (SSSR count). The van der Waals surface area contributed by atoms with Gasteiger partial charge in [0.2, 0.25) is 0 Å². The van der Waals surface area contributed by atoms with Crippen LogP contribution < -0.4 is 0 Å². The molecule has 0 amide bonds. The van der Waals surface area contributed by atoms with Gasteiger partial charge in [-0.05, 0) is 36.5 Å². The van der Waals surface area contributed by atoms with Crippen LogP contribution in [0, 0.1) is 11.3 Å². The third kappa shape index (κ3) is 2.61. The third-order valence-electron chi connectivity index (χ3n) is 3.09. The maximum Gasteiger partial charge on any atom is 0.339 e. The normalized spacial score (nSPS) is 14.8. The number of nitrogens with zero attached hydrogens (tertiary/aromatic N) is 1. The highest BCUT2D eigenvalue weighted by molar-refractivity contribution is 7.90. The Morgan fingerprint density at radius 2 is 2.05 bits per heavy atom. The number of esters is 1. The molecule has 0 N–H and O–H groups in total. The van der Waals surface area contributed by atoms with E-state index in [4.69, 9.17) is 5.26 Å². The van der Waals surface area contributed by atoms with Crippen LogP contribution >= 0.6 is 0 Å². The van der Waals surface area contributed by atoms with E-state index in [1.165, 1.54) is 19.2 Å². The number of carbonyl (C=O) groups is 1. The summed E-state index contributed by atoms with van der Waals surface area (Å²) in [6, 6.07) is 4.67. The molecule has 1 saturated carbocycles. The number of carbonyl (C=O) groups excluding carboxylic acids is 1. The zero-order valence-electron chi connectivity index (χ0n) is 10.6. The van der Waals surface area contributed by atoms with Gasteiger partial charge in [0, 0.05) is 6.26 Å². The van der Waals surface area contributed by atoms with Gasteiger partial charge in [-0.3, -0.25) is 0 Å². The molecule has 6 heteroatoms. The molecule has 1 fully saturated rings. The molecule has 0 radical (unpaired) electrons. The van der Waals surface area contributed by atoms with Gasteiger partial charge in [-0.1, -0.05) is 0 Å². The molecule has 19 heavy (non-hydrogen) atoms. The van der Waals surface area contributed by atoms with Gasteiger partial charge in [0.15, 0.2) is 9.84 Å². The van der Waals surface area contributed by atoms with Crippen LogP contribution in [0.2, 0.25) is 0 Å². The van der Waals surface area contributed by atoms with Gasteiger partial charge in [0.25, 0.3) is 0 Å². The molecule has 100 valence electrons. The lowest BCUT2D eigenvalue weighted by Gasteiger charge is -2.10. The number of ether oxygens (including phenoxy) is 1. The molecule has 0 saturated heterocycles. The molecule has 1 aliphatic rings. The van der Waals surface area contributed by atoms with E-state index in [0.717, 1.165) is 19.1 Å². The van der Waals surface area contributed by atoms with Crippen molar-refractivity contribution in [3.8, 4) is 6.07 Å². The zero-order valence-corrected chi connectivity index (χ0v) is 11.5. The van der Waals surface area contributed by atoms with Crippen molar-refractivity contribution in [2.45, 2.75) is 23.7 Å². The minimum atomic E-state index is -3.44. The second-order valence-corrected chi connectivity index (χ2v) is 6.57. The molecule has 1 aromatic rings. The van der Waals surface area contributed by atoms with Crippen molar-refractivity contribution >= 4 is 15.8 Å². The summed E-state index contributed by atoms with van der Waals surface area (Å²) >= 11 is 0. The van der Waals surface area contributed by atoms with Crippen LogP contribution in [0.4, 0.5) is 0 Å². The molecule has 0 heterocycles. The summed E-state index contributed by atoms with van der Waals surface area (Å²) in [5.41, 5.74) is 0.780. The summed E-state index contributed by atoms with van der Waals surface area (Å²) < 4.78 is 28.2. The minimum Gasteiger partial charge on any atom is -0.465 e. The van der Waals surface area contributed by atoms with E-state index >= 15 is 0 Å². The molecule has 0 unspecified atom stereocenters.